The highest BCUT2D eigenvalue weighted by Crippen LogP contribution is 2.59. The fourth-order valence-electron chi connectivity index (χ4n) is 21.3. The van der Waals surface area contributed by atoms with Gasteiger partial charge < -0.3 is 0 Å². The van der Waals surface area contributed by atoms with Crippen LogP contribution in [0.1, 0.15) is 99.9 Å². The average Bonchev–Trinajstić information content (AvgIpc) is 1.40. The summed E-state index contributed by atoms with van der Waals surface area (Å²) < 4.78 is 0. The first-order chi connectivity index (χ1) is 54.6. The van der Waals surface area contributed by atoms with Crippen molar-refractivity contribution >= 4 is 75.4 Å². The first kappa shape index (κ1) is 66.0. The highest BCUT2D eigenvalue weighted by atomic mass is 14.4. The van der Waals surface area contributed by atoms with Gasteiger partial charge in [-0.2, -0.15) is 0 Å². The van der Waals surface area contributed by atoms with Gasteiger partial charge in [-0.15, -0.1) is 0 Å². The van der Waals surface area contributed by atoms with Crippen molar-refractivity contribution in [2.75, 3.05) is 0 Å². The van der Waals surface area contributed by atoms with Crippen molar-refractivity contribution in [3.63, 3.8) is 0 Å². The predicted octanol–water partition coefficient (Wildman–Crippen LogP) is 30.7. The van der Waals surface area contributed by atoms with Crippen LogP contribution in [-0.2, 0) is 21.7 Å². The van der Waals surface area contributed by atoms with Crippen molar-refractivity contribution in [3.05, 3.63) is 396 Å². The van der Waals surface area contributed by atoms with Crippen molar-refractivity contribution in [1.82, 2.24) is 0 Å². The van der Waals surface area contributed by atoms with E-state index in [1.807, 2.05) is 0 Å². The summed E-state index contributed by atoms with van der Waals surface area (Å²) in [6.07, 6.45) is 0. The molecule has 19 aromatic carbocycles. The van der Waals surface area contributed by atoms with E-state index in [1.165, 1.54) is 231 Å². The van der Waals surface area contributed by atoms with Gasteiger partial charge in [0.05, 0.1) is 0 Å². The molecule has 4 aliphatic rings. The lowest BCUT2D eigenvalue weighted by Gasteiger charge is -2.24. The number of hydrogen-bond acceptors (Lipinski definition) is 0. The summed E-state index contributed by atoms with van der Waals surface area (Å²) in [5.74, 6) is 0. The molecule has 0 nitrogen and oxygen atoms in total. The van der Waals surface area contributed by atoms with Crippen LogP contribution in [0, 0.1) is 0 Å². The van der Waals surface area contributed by atoms with Crippen LogP contribution in [0.2, 0.25) is 0 Å². The van der Waals surface area contributed by atoms with Crippen LogP contribution in [0.3, 0.4) is 0 Å². The van der Waals surface area contributed by atoms with E-state index in [9.17, 15) is 0 Å². The largest absolute Gasteiger partial charge is 0.0619 e. The van der Waals surface area contributed by atoms with E-state index < -0.39 is 0 Å². The number of fused-ring (bicyclic) bond motifs is 22. The molecule has 112 heavy (non-hydrogen) atoms. The molecule has 0 amide bonds. The lowest BCUT2D eigenvalue weighted by atomic mass is 9.79. The number of rotatable bonds is 6. The zero-order chi connectivity index (χ0) is 75.3. The Morgan fingerprint density at radius 1 is 0.143 bits per heavy atom. The average molecular weight is 1430 g/mol. The molecule has 0 saturated carbocycles. The Bertz CT molecular complexity index is 7150. The molecule has 4 aliphatic carbocycles. The van der Waals surface area contributed by atoms with Crippen LogP contribution in [0.4, 0.5) is 0 Å². The maximum atomic E-state index is 2.53. The second-order valence-corrected chi connectivity index (χ2v) is 34.0. The Labute approximate surface area is 655 Å². The monoisotopic (exact) mass is 1430 g/mol. The summed E-state index contributed by atoms with van der Waals surface area (Å²) >= 11 is 0. The minimum absolute atomic E-state index is 0.0524. The van der Waals surface area contributed by atoms with E-state index in [-0.39, 0.29) is 21.7 Å². The van der Waals surface area contributed by atoms with Crippen molar-refractivity contribution < 1.29 is 0 Å². The summed E-state index contributed by atoms with van der Waals surface area (Å²) in [5.41, 5.74) is 37.2. The van der Waals surface area contributed by atoms with Gasteiger partial charge in [-0.25, -0.2) is 0 Å². The summed E-state index contributed by atoms with van der Waals surface area (Å²) in [6, 6.07) is 133. The second-order valence-electron chi connectivity index (χ2n) is 34.0. The SMILES string of the molecule is CC1(C)c2ccccc2-c2c1cc(-c1c3ccccc3c(-c3ccc(-c4ccc5c(c4)-c4ccc6ccccc6c4C5(C)C)cc3)c3ccccc13)c1ccccc21.CC1(C)c2ccccc2-c2ccc(-c3c4ccccc4c(-c4ccc(-c5ccc6c(c5)-c5ccc7ccccc7c5C6(C)C)cc4)c4ccccc34)cc21. The van der Waals surface area contributed by atoms with Gasteiger partial charge in [0.25, 0.3) is 0 Å². The van der Waals surface area contributed by atoms with Crippen molar-refractivity contribution in [3.8, 4) is 111 Å². The molecule has 0 heterocycles. The molecule has 0 aliphatic heterocycles. The molecule has 0 fully saturated rings. The molecule has 0 atom stereocenters. The van der Waals surface area contributed by atoms with Gasteiger partial charge in [0.2, 0.25) is 0 Å². The van der Waals surface area contributed by atoms with E-state index in [4.69, 9.17) is 0 Å². The molecule has 0 heteroatoms. The molecule has 23 rings (SSSR count). The van der Waals surface area contributed by atoms with Gasteiger partial charge in [-0.1, -0.05) is 383 Å². The van der Waals surface area contributed by atoms with Crippen molar-refractivity contribution in [2.45, 2.75) is 77.0 Å². The van der Waals surface area contributed by atoms with E-state index in [1.54, 1.807) is 0 Å². The minimum atomic E-state index is -0.106. The molecule has 0 unspecified atom stereocenters. The van der Waals surface area contributed by atoms with Gasteiger partial charge >= 0.3 is 0 Å². The Balaban J connectivity index is 0.000000138. The quantitative estimate of drug-likeness (QED) is 0.146. The third-order valence-corrected chi connectivity index (χ3v) is 26.7. The highest BCUT2D eigenvalue weighted by Gasteiger charge is 2.41. The first-order valence-corrected chi connectivity index (χ1v) is 40.0. The van der Waals surface area contributed by atoms with Crippen LogP contribution in [0.15, 0.2) is 352 Å². The van der Waals surface area contributed by atoms with E-state index in [0.717, 1.165) is 0 Å². The van der Waals surface area contributed by atoms with Crippen molar-refractivity contribution in [2.24, 2.45) is 0 Å². The zero-order valence-electron chi connectivity index (χ0n) is 64.5. The molecule has 0 saturated heterocycles. The summed E-state index contributed by atoms with van der Waals surface area (Å²) in [5, 5.41) is 18.2. The minimum Gasteiger partial charge on any atom is -0.0619 e. The van der Waals surface area contributed by atoms with Gasteiger partial charge in [0.1, 0.15) is 0 Å². The van der Waals surface area contributed by atoms with Gasteiger partial charge in [0, 0.05) is 21.7 Å². The normalized spacial score (nSPS) is 14.5. The molecule has 0 radical (unpaired) electrons. The number of benzene rings is 19. The lowest BCUT2D eigenvalue weighted by molar-refractivity contribution is 0.660. The maximum absolute atomic E-state index is 2.53. The number of hydrogen-bond donors (Lipinski definition) is 0. The van der Waals surface area contributed by atoms with Crippen LogP contribution >= 0.6 is 0 Å². The van der Waals surface area contributed by atoms with Crippen molar-refractivity contribution in [1.29, 1.82) is 0 Å². The highest BCUT2D eigenvalue weighted by molar-refractivity contribution is 6.26. The van der Waals surface area contributed by atoms with Gasteiger partial charge in [0.15, 0.2) is 0 Å². The Kier molecular flexibility index (Phi) is 14.3. The third kappa shape index (κ3) is 9.49. The molecule has 530 valence electrons. The summed E-state index contributed by atoms with van der Waals surface area (Å²) in [7, 11) is 0. The Hall–Kier alpha value is -13.0. The first-order valence-electron chi connectivity index (χ1n) is 40.0. The molecular formula is C112H82. The standard InChI is InChI=1S/C58H42.C54H40/c1-57(2)50-24-14-13-23-47(50)55-41-18-8-7-17-40(41)49(34-52(55)57)54-44-21-11-9-19-42(44)53(43-20-10-12-22-45(43)54)37-27-25-35(26-28-37)38-30-32-51-48(33-38)46-31-29-36-15-5-6-16-39(36)56(46)58(51,3)4;1-53(2)47-20-12-11-15-39(47)40-28-26-37(32-49(40)53)51-43-18-9-7-16-41(43)50(42-17-8-10-19-44(42)51)35-23-21-33(22-24-35)36-27-30-48-46(31-36)45-29-25-34-13-5-6-14-38(34)52(45)54(48,3)4/h5-34H,1-4H3;5-32H,1-4H3. The van der Waals surface area contributed by atoms with Gasteiger partial charge in [-0.3, -0.25) is 0 Å². The van der Waals surface area contributed by atoms with Gasteiger partial charge in [-0.05, 0) is 255 Å². The van der Waals surface area contributed by atoms with Crippen LogP contribution in [-0.4, -0.2) is 0 Å². The molecule has 19 aromatic rings. The second kappa shape index (κ2) is 24.2. The van der Waals surface area contributed by atoms with E-state index >= 15 is 0 Å². The Morgan fingerprint density at radius 2 is 0.446 bits per heavy atom. The maximum Gasteiger partial charge on any atom is 0.0165 e. The van der Waals surface area contributed by atoms with E-state index in [2.05, 4.69) is 407 Å². The van der Waals surface area contributed by atoms with Crippen LogP contribution < -0.4 is 0 Å². The van der Waals surface area contributed by atoms with Crippen LogP contribution in [0.5, 0.6) is 0 Å². The topological polar surface area (TPSA) is 0 Å². The molecule has 0 spiro atoms. The van der Waals surface area contributed by atoms with Crippen LogP contribution in [0.25, 0.3) is 187 Å². The smallest absolute Gasteiger partial charge is 0.0165 e. The fourth-order valence-corrected chi connectivity index (χ4v) is 21.3. The Morgan fingerprint density at radius 3 is 0.902 bits per heavy atom. The summed E-state index contributed by atoms with van der Waals surface area (Å²) in [4.78, 5) is 0. The fraction of sp³-hybridized carbons (Fsp3) is 0.107. The molecule has 0 N–H and O–H groups in total. The molecule has 0 bridgehead atoms. The molecular weight excluding hydrogens is 1350 g/mol. The third-order valence-electron chi connectivity index (χ3n) is 26.7. The lowest BCUT2D eigenvalue weighted by Crippen LogP contribution is -2.15. The van der Waals surface area contributed by atoms with E-state index in [0.29, 0.717) is 0 Å². The summed E-state index contributed by atoms with van der Waals surface area (Å²) in [6.45, 7) is 19.0. The molecule has 0 aromatic heterocycles. The zero-order valence-corrected chi connectivity index (χ0v) is 64.5. The predicted molar refractivity (Wildman–Crippen MR) is 478 cm³/mol.